The lowest BCUT2D eigenvalue weighted by molar-refractivity contribution is -0.139. The molecule has 0 bridgehead atoms. The van der Waals surface area contributed by atoms with Crippen LogP contribution in [-0.2, 0) is 4.79 Å². The Bertz CT molecular complexity index is 382. The maximum Gasteiger partial charge on any atom is 0.327 e. The third-order valence-electron chi connectivity index (χ3n) is 2.66. The number of carboxylic acids is 1. The second-order valence-electron chi connectivity index (χ2n) is 3.75. The van der Waals surface area contributed by atoms with Crippen LogP contribution >= 0.6 is 33.9 Å². The van der Waals surface area contributed by atoms with Crippen LogP contribution in [0.3, 0.4) is 0 Å². The average molecular weight is 383 g/mol. The summed E-state index contributed by atoms with van der Waals surface area (Å²) in [4.78, 5) is 17.6. The van der Waals surface area contributed by atoms with Gasteiger partial charge in [0.1, 0.15) is 5.01 Å². The van der Waals surface area contributed by atoms with E-state index in [0.29, 0.717) is 11.6 Å². The first-order valence-electron chi connectivity index (χ1n) is 5.88. The zero-order valence-corrected chi connectivity index (χ0v) is 13.5. The molecule has 2 N–H and O–H groups in total. The van der Waals surface area contributed by atoms with Gasteiger partial charge in [-0.1, -0.05) is 13.8 Å². The van der Waals surface area contributed by atoms with E-state index in [4.69, 9.17) is 0 Å². The molecule has 1 atom stereocenters. The SMILES string of the molecule is CCN(CC)CCNC(C(=O)O)c1ncc(I)s1. The van der Waals surface area contributed by atoms with Gasteiger partial charge in [0, 0.05) is 13.1 Å². The Labute approximate surface area is 125 Å². The molecule has 1 rings (SSSR count). The third kappa shape index (κ3) is 4.79. The molecule has 0 aliphatic heterocycles. The first-order valence-corrected chi connectivity index (χ1v) is 7.77. The maximum atomic E-state index is 11.2. The van der Waals surface area contributed by atoms with E-state index in [1.807, 2.05) is 0 Å². The molecule has 1 aromatic rings. The molecule has 0 fully saturated rings. The van der Waals surface area contributed by atoms with Gasteiger partial charge in [0.25, 0.3) is 0 Å². The molecule has 0 radical (unpaired) electrons. The highest BCUT2D eigenvalue weighted by Gasteiger charge is 2.22. The number of rotatable bonds is 8. The number of aromatic nitrogens is 1. The molecule has 102 valence electrons. The monoisotopic (exact) mass is 383 g/mol. The Morgan fingerprint density at radius 3 is 2.72 bits per heavy atom. The summed E-state index contributed by atoms with van der Waals surface area (Å²) in [5, 5.41) is 12.9. The van der Waals surface area contributed by atoms with Crippen molar-refractivity contribution in [3.8, 4) is 0 Å². The number of aliphatic carboxylic acids is 1. The molecule has 7 heteroatoms. The number of carboxylic acid groups (broad SMARTS) is 1. The molecule has 1 aromatic heterocycles. The van der Waals surface area contributed by atoms with Gasteiger partial charge in [-0.3, -0.25) is 10.1 Å². The van der Waals surface area contributed by atoms with E-state index in [9.17, 15) is 9.90 Å². The molecule has 1 heterocycles. The van der Waals surface area contributed by atoms with E-state index >= 15 is 0 Å². The van der Waals surface area contributed by atoms with Crippen LogP contribution in [-0.4, -0.2) is 47.1 Å². The predicted octanol–water partition coefficient (Wildman–Crippen LogP) is 1.80. The Morgan fingerprint density at radius 1 is 1.61 bits per heavy atom. The minimum atomic E-state index is -0.875. The van der Waals surface area contributed by atoms with Gasteiger partial charge in [0.05, 0.1) is 9.08 Å². The van der Waals surface area contributed by atoms with E-state index in [1.54, 1.807) is 6.20 Å². The van der Waals surface area contributed by atoms with Crippen LogP contribution in [0.4, 0.5) is 0 Å². The van der Waals surface area contributed by atoms with Gasteiger partial charge in [0.2, 0.25) is 0 Å². The fraction of sp³-hybridized carbons (Fsp3) is 0.636. The molecule has 0 spiro atoms. The number of halogens is 1. The molecule has 0 aromatic carbocycles. The number of hydrogen-bond donors (Lipinski definition) is 2. The van der Waals surface area contributed by atoms with Crippen LogP contribution in [0, 0.1) is 2.88 Å². The quantitative estimate of drug-likeness (QED) is 0.671. The van der Waals surface area contributed by atoms with Crippen LogP contribution in [0.5, 0.6) is 0 Å². The highest BCUT2D eigenvalue weighted by atomic mass is 127. The summed E-state index contributed by atoms with van der Waals surface area (Å²) in [5.74, 6) is -0.875. The molecule has 0 saturated heterocycles. The van der Waals surface area contributed by atoms with Crippen LogP contribution in [0.25, 0.3) is 0 Å². The van der Waals surface area contributed by atoms with Crippen LogP contribution in [0.15, 0.2) is 6.20 Å². The molecule has 0 saturated carbocycles. The zero-order chi connectivity index (χ0) is 13.5. The summed E-state index contributed by atoms with van der Waals surface area (Å²) in [6.07, 6.45) is 1.70. The normalized spacial score (nSPS) is 12.9. The van der Waals surface area contributed by atoms with Crippen molar-refractivity contribution in [2.24, 2.45) is 0 Å². The molecule has 0 aliphatic rings. The standard InChI is InChI=1S/C11H18IN3O2S/c1-3-15(4-2)6-5-13-9(11(16)17)10-14-7-8(12)18-10/h7,9,13H,3-6H2,1-2H3,(H,16,17). The summed E-state index contributed by atoms with van der Waals surface area (Å²) >= 11 is 3.56. The lowest BCUT2D eigenvalue weighted by Gasteiger charge is -2.19. The lowest BCUT2D eigenvalue weighted by Crippen LogP contribution is -2.36. The van der Waals surface area contributed by atoms with E-state index in [0.717, 1.165) is 22.5 Å². The average Bonchev–Trinajstić information content (AvgIpc) is 2.75. The van der Waals surface area contributed by atoms with E-state index in [2.05, 4.69) is 51.6 Å². The smallest absolute Gasteiger partial charge is 0.327 e. The van der Waals surface area contributed by atoms with Gasteiger partial charge in [0.15, 0.2) is 6.04 Å². The number of carbonyl (C=O) groups is 1. The number of nitrogens with one attached hydrogen (secondary N) is 1. The molecular formula is C11H18IN3O2S. The first kappa shape index (κ1) is 15.8. The number of hydrogen-bond acceptors (Lipinski definition) is 5. The minimum absolute atomic E-state index is 0.617. The van der Waals surface area contributed by atoms with Crippen LogP contribution in [0.2, 0.25) is 0 Å². The third-order valence-corrected chi connectivity index (χ3v) is 4.45. The summed E-state index contributed by atoms with van der Waals surface area (Å²) in [5.41, 5.74) is 0. The van der Waals surface area contributed by atoms with Crippen LogP contribution in [0.1, 0.15) is 24.9 Å². The van der Waals surface area contributed by atoms with Crippen molar-refractivity contribution in [2.45, 2.75) is 19.9 Å². The molecule has 0 amide bonds. The summed E-state index contributed by atoms with van der Waals surface area (Å²) < 4.78 is 0.999. The zero-order valence-electron chi connectivity index (χ0n) is 10.5. The van der Waals surface area contributed by atoms with Gasteiger partial charge < -0.3 is 10.0 Å². The van der Waals surface area contributed by atoms with Crippen molar-refractivity contribution >= 4 is 39.9 Å². The van der Waals surface area contributed by atoms with E-state index in [-0.39, 0.29) is 0 Å². The van der Waals surface area contributed by atoms with Gasteiger partial charge in [-0.05, 0) is 35.7 Å². The molecule has 1 unspecified atom stereocenters. The minimum Gasteiger partial charge on any atom is -0.480 e. The van der Waals surface area contributed by atoms with Crippen molar-refractivity contribution in [1.29, 1.82) is 0 Å². The Hall–Kier alpha value is -0.250. The number of thiazole rings is 1. The predicted molar refractivity (Wildman–Crippen MR) is 81.0 cm³/mol. The summed E-state index contributed by atoms with van der Waals surface area (Å²) in [7, 11) is 0. The van der Waals surface area contributed by atoms with Gasteiger partial charge >= 0.3 is 5.97 Å². The van der Waals surface area contributed by atoms with Crippen molar-refractivity contribution < 1.29 is 9.90 Å². The Morgan fingerprint density at radius 2 is 2.28 bits per heavy atom. The Kier molecular flexibility index (Phi) is 7.05. The lowest BCUT2D eigenvalue weighted by atomic mass is 10.3. The molecule has 18 heavy (non-hydrogen) atoms. The number of likely N-dealkylation sites (N-methyl/N-ethyl adjacent to an activating group) is 1. The second kappa shape index (κ2) is 8.03. The summed E-state index contributed by atoms with van der Waals surface area (Å²) in [6, 6.07) is -0.700. The van der Waals surface area contributed by atoms with E-state index in [1.165, 1.54) is 11.3 Å². The van der Waals surface area contributed by atoms with Crippen molar-refractivity contribution in [2.75, 3.05) is 26.2 Å². The van der Waals surface area contributed by atoms with Crippen molar-refractivity contribution in [1.82, 2.24) is 15.2 Å². The summed E-state index contributed by atoms with van der Waals surface area (Å²) in [6.45, 7) is 7.65. The topological polar surface area (TPSA) is 65.5 Å². The molecule has 5 nitrogen and oxygen atoms in total. The van der Waals surface area contributed by atoms with Gasteiger partial charge in [-0.2, -0.15) is 0 Å². The molecule has 0 aliphatic carbocycles. The highest BCUT2D eigenvalue weighted by molar-refractivity contribution is 14.1. The fourth-order valence-electron chi connectivity index (χ4n) is 1.59. The first-order chi connectivity index (χ1) is 8.58. The maximum absolute atomic E-state index is 11.2. The van der Waals surface area contributed by atoms with Gasteiger partial charge in [-0.15, -0.1) is 11.3 Å². The largest absolute Gasteiger partial charge is 0.480 e. The van der Waals surface area contributed by atoms with Crippen LogP contribution < -0.4 is 5.32 Å². The van der Waals surface area contributed by atoms with Crippen molar-refractivity contribution in [3.63, 3.8) is 0 Å². The second-order valence-corrected chi connectivity index (χ2v) is 6.71. The van der Waals surface area contributed by atoms with Crippen molar-refractivity contribution in [3.05, 3.63) is 14.1 Å². The fourth-order valence-corrected chi connectivity index (χ4v) is 3.12. The van der Waals surface area contributed by atoms with E-state index < -0.39 is 12.0 Å². The van der Waals surface area contributed by atoms with Gasteiger partial charge in [-0.25, -0.2) is 4.98 Å². The highest BCUT2D eigenvalue weighted by Crippen LogP contribution is 2.21. The molecular weight excluding hydrogens is 365 g/mol. The number of nitrogens with zero attached hydrogens (tertiary/aromatic N) is 2. The Balaban J connectivity index is 2.52.